The lowest BCUT2D eigenvalue weighted by Crippen LogP contribution is -2.46. The fraction of sp³-hybridized carbons (Fsp3) is 0.462. The van der Waals surface area contributed by atoms with Crippen molar-refractivity contribution < 1.29 is 9.53 Å². The van der Waals surface area contributed by atoms with Gasteiger partial charge >= 0.3 is 5.97 Å². The van der Waals surface area contributed by atoms with E-state index in [0.717, 1.165) is 18.5 Å². The second kappa shape index (κ2) is 5.29. The standard InChI is InChI=1S/C13H18N2O2/c1-9-3-5-10(6-4-9)12-11(14)13(16)17-8-2-7-15-12/h3-6,11-12,15H,2,7-8,14H2,1H3/t11-,12+/m1/s1. The second-order valence-corrected chi connectivity index (χ2v) is 4.39. The SMILES string of the molecule is Cc1ccc([C@@H]2NCCCOC(=O)[C@@H]2N)cc1. The van der Waals surface area contributed by atoms with Gasteiger partial charge in [0.25, 0.3) is 0 Å². The Morgan fingerprint density at radius 1 is 1.35 bits per heavy atom. The maximum atomic E-state index is 11.6. The van der Waals surface area contributed by atoms with Gasteiger partial charge in [-0.3, -0.25) is 4.79 Å². The summed E-state index contributed by atoms with van der Waals surface area (Å²) in [5.41, 5.74) is 8.15. The van der Waals surface area contributed by atoms with Crippen molar-refractivity contribution in [1.29, 1.82) is 0 Å². The Morgan fingerprint density at radius 2 is 2.06 bits per heavy atom. The molecule has 1 aliphatic heterocycles. The van der Waals surface area contributed by atoms with Crippen molar-refractivity contribution in [3.8, 4) is 0 Å². The van der Waals surface area contributed by atoms with Crippen LogP contribution >= 0.6 is 0 Å². The van der Waals surface area contributed by atoms with Gasteiger partial charge in [0.1, 0.15) is 6.04 Å². The highest BCUT2D eigenvalue weighted by Crippen LogP contribution is 2.18. The lowest BCUT2D eigenvalue weighted by molar-refractivity contribution is -0.146. The van der Waals surface area contributed by atoms with Gasteiger partial charge in [0.2, 0.25) is 0 Å². The summed E-state index contributed by atoms with van der Waals surface area (Å²) in [4.78, 5) is 11.6. The predicted molar refractivity (Wildman–Crippen MR) is 65.5 cm³/mol. The minimum Gasteiger partial charge on any atom is -0.464 e. The van der Waals surface area contributed by atoms with Crippen LogP contribution < -0.4 is 11.1 Å². The zero-order chi connectivity index (χ0) is 12.3. The molecular formula is C13H18N2O2. The zero-order valence-electron chi connectivity index (χ0n) is 9.98. The molecule has 0 unspecified atom stereocenters. The third kappa shape index (κ3) is 2.84. The number of esters is 1. The van der Waals surface area contributed by atoms with Gasteiger partial charge < -0.3 is 15.8 Å². The monoisotopic (exact) mass is 234 g/mol. The Kier molecular flexibility index (Phi) is 3.76. The molecule has 2 atom stereocenters. The summed E-state index contributed by atoms with van der Waals surface area (Å²) in [5, 5.41) is 3.31. The van der Waals surface area contributed by atoms with Crippen LogP contribution in [0, 0.1) is 6.92 Å². The molecule has 3 N–H and O–H groups in total. The summed E-state index contributed by atoms with van der Waals surface area (Å²) in [5.74, 6) is -0.331. The van der Waals surface area contributed by atoms with Gasteiger partial charge in [0.05, 0.1) is 12.6 Å². The highest BCUT2D eigenvalue weighted by molar-refractivity contribution is 5.76. The van der Waals surface area contributed by atoms with Crippen LogP contribution in [-0.4, -0.2) is 25.2 Å². The molecule has 1 saturated heterocycles. The molecule has 92 valence electrons. The molecule has 0 bridgehead atoms. The summed E-state index contributed by atoms with van der Waals surface area (Å²) in [6.45, 7) is 3.28. The molecular weight excluding hydrogens is 216 g/mol. The number of nitrogens with one attached hydrogen (secondary N) is 1. The largest absolute Gasteiger partial charge is 0.464 e. The smallest absolute Gasteiger partial charge is 0.324 e. The predicted octanol–water partition coefficient (Wildman–Crippen LogP) is 0.900. The van der Waals surface area contributed by atoms with E-state index in [1.165, 1.54) is 5.56 Å². The lowest BCUT2D eigenvalue weighted by atomic mass is 9.98. The first kappa shape index (κ1) is 12.1. The molecule has 4 heteroatoms. The molecule has 0 spiro atoms. The van der Waals surface area contributed by atoms with E-state index in [4.69, 9.17) is 10.5 Å². The van der Waals surface area contributed by atoms with Crippen LogP contribution in [0.3, 0.4) is 0 Å². The van der Waals surface area contributed by atoms with E-state index in [-0.39, 0.29) is 12.0 Å². The summed E-state index contributed by atoms with van der Waals surface area (Å²) < 4.78 is 5.07. The Balaban J connectivity index is 2.21. The molecule has 0 aromatic heterocycles. The first-order valence-electron chi connectivity index (χ1n) is 5.90. The van der Waals surface area contributed by atoms with E-state index in [0.29, 0.717) is 6.61 Å². The molecule has 0 saturated carbocycles. The number of hydrogen-bond acceptors (Lipinski definition) is 4. The fourth-order valence-corrected chi connectivity index (χ4v) is 1.96. The van der Waals surface area contributed by atoms with E-state index < -0.39 is 6.04 Å². The molecule has 0 radical (unpaired) electrons. The Hall–Kier alpha value is -1.39. The number of carbonyl (C=O) groups excluding carboxylic acids is 1. The molecule has 1 aliphatic rings. The maximum absolute atomic E-state index is 11.6. The minimum absolute atomic E-state index is 0.164. The number of cyclic esters (lactones) is 1. The van der Waals surface area contributed by atoms with Gasteiger partial charge in [0, 0.05) is 0 Å². The molecule has 17 heavy (non-hydrogen) atoms. The van der Waals surface area contributed by atoms with Crippen molar-refractivity contribution in [2.45, 2.75) is 25.4 Å². The molecule has 1 fully saturated rings. The van der Waals surface area contributed by atoms with E-state index in [1.807, 2.05) is 31.2 Å². The molecule has 1 aromatic rings. The lowest BCUT2D eigenvalue weighted by Gasteiger charge is -2.26. The minimum atomic E-state index is -0.641. The fourth-order valence-electron chi connectivity index (χ4n) is 1.96. The normalized spacial score (nSPS) is 25.9. The van der Waals surface area contributed by atoms with Gasteiger partial charge in [-0.25, -0.2) is 0 Å². The first-order valence-corrected chi connectivity index (χ1v) is 5.90. The number of rotatable bonds is 1. The van der Waals surface area contributed by atoms with Crippen molar-refractivity contribution in [3.05, 3.63) is 35.4 Å². The summed E-state index contributed by atoms with van der Waals surface area (Å²) in [7, 11) is 0. The second-order valence-electron chi connectivity index (χ2n) is 4.39. The number of ether oxygens (including phenoxy) is 1. The van der Waals surface area contributed by atoms with E-state index in [1.54, 1.807) is 0 Å². The average molecular weight is 234 g/mol. The van der Waals surface area contributed by atoms with Crippen LogP contribution in [0.2, 0.25) is 0 Å². The van der Waals surface area contributed by atoms with Crippen LogP contribution in [0.5, 0.6) is 0 Å². The number of benzene rings is 1. The van der Waals surface area contributed by atoms with Crippen molar-refractivity contribution in [2.24, 2.45) is 5.73 Å². The van der Waals surface area contributed by atoms with Crippen LogP contribution in [0.15, 0.2) is 24.3 Å². The van der Waals surface area contributed by atoms with Crippen LogP contribution in [0.25, 0.3) is 0 Å². The van der Waals surface area contributed by atoms with E-state index in [2.05, 4.69) is 5.32 Å². The Labute approximate surface area is 101 Å². The van der Waals surface area contributed by atoms with Gasteiger partial charge in [0.15, 0.2) is 0 Å². The highest BCUT2D eigenvalue weighted by atomic mass is 16.5. The van der Waals surface area contributed by atoms with Gasteiger partial charge in [-0.05, 0) is 25.5 Å². The molecule has 1 aromatic carbocycles. The van der Waals surface area contributed by atoms with Gasteiger partial charge in [-0.1, -0.05) is 29.8 Å². The number of nitrogens with two attached hydrogens (primary N) is 1. The van der Waals surface area contributed by atoms with Crippen LogP contribution in [0.1, 0.15) is 23.6 Å². The molecule has 1 heterocycles. The Morgan fingerprint density at radius 3 is 2.76 bits per heavy atom. The summed E-state index contributed by atoms with van der Waals surface area (Å²) in [6, 6.07) is 7.24. The molecule has 0 aliphatic carbocycles. The quantitative estimate of drug-likeness (QED) is 0.709. The van der Waals surface area contributed by atoms with Gasteiger partial charge in [-0.15, -0.1) is 0 Å². The molecule has 4 nitrogen and oxygen atoms in total. The van der Waals surface area contributed by atoms with Crippen molar-refractivity contribution in [3.63, 3.8) is 0 Å². The van der Waals surface area contributed by atoms with E-state index >= 15 is 0 Å². The number of carbonyl (C=O) groups is 1. The van der Waals surface area contributed by atoms with Crippen LogP contribution in [0.4, 0.5) is 0 Å². The highest BCUT2D eigenvalue weighted by Gasteiger charge is 2.28. The zero-order valence-corrected chi connectivity index (χ0v) is 9.98. The average Bonchev–Trinajstić information content (AvgIpc) is 2.32. The van der Waals surface area contributed by atoms with Crippen LogP contribution in [-0.2, 0) is 9.53 Å². The Bertz CT molecular complexity index is 389. The number of hydrogen-bond donors (Lipinski definition) is 2. The van der Waals surface area contributed by atoms with Crippen molar-refractivity contribution >= 4 is 5.97 Å². The molecule has 2 rings (SSSR count). The van der Waals surface area contributed by atoms with E-state index in [9.17, 15) is 4.79 Å². The summed E-state index contributed by atoms with van der Waals surface area (Å²) in [6.07, 6.45) is 0.820. The summed E-state index contributed by atoms with van der Waals surface area (Å²) >= 11 is 0. The van der Waals surface area contributed by atoms with Gasteiger partial charge in [-0.2, -0.15) is 0 Å². The van der Waals surface area contributed by atoms with Crippen molar-refractivity contribution in [1.82, 2.24) is 5.32 Å². The first-order chi connectivity index (χ1) is 8.18. The third-order valence-electron chi connectivity index (χ3n) is 3.00. The maximum Gasteiger partial charge on any atom is 0.324 e. The third-order valence-corrected chi connectivity index (χ3v) is 3.00. The molecule has 0 amide bonds. The number of aryl methyl sites for hydroxylation is 1. The topological polar surface area (TPSA) is 64.3 Å². The van der Waals surface area contributed by atoms with Crippen molar-refractivity contribution in [2.75, 3.05) is 13.2 Å².